The van der Waals surface area contributed by atoms with Gasteiger partial charge < -0.3 is 10.2 Å². The van der Waals surface area contributed by atoms with Crippen molar-refractivity contribution in [2.24, 2.45) is 0 Å². The fourth-order valence-electron chi connectivity index (χ4n) is 2.43. The summed E-state index contributed by atoms with van der Waals surface area (Å²) in [7, 11) is 0. The Bertz CT molecular complexity index is 459. The topological polar surface area (TPSA) is 40.5 Å². The fraction of sp³-hybridized carbons (Fsp3) is 0.684. The predicted molar refractivity (Wildman–Crippen MR) is 90.1 cm³/mol. The van der Waals surface area contributed by atoms with Crippen molar-refractivity contribution in [1.29, 1.82) is 0 Å². The molecule has 0 fully saturated rings. The lowest BCUT2D eigenvalue weighted by molar-refractivity contribution is 0.0714. The SMILES string of the molecule is CC(C)(O)CCc1cc(C(C)(C)C)c(O)c(C(C)(C)C)c1. The third kappa shape index (κ3) is 5.03. The van der Waals surface area contributed by atoms with Crippen LogP contribution in [0.25, 0.3) is 0 Å². The van der Waals surface area contributed by atoms with Crippen molar-refractivity contribution in [2.45, 2.75) is 84.7 Å². The second-order valence-corrected chi connectivity index (χ2v) is 8.85. The average Bonchev–Trinajstić information content (AvgIpc) is 2.23. The number of aromatic hydroxyl groups is 1. The Kier molecular flexibility index (Phi) is 4.84. The van der Waals surface area contributed by atoms with Crippen molar-refractivity contribution in [1.82, 2.24) is 0 Å². The van der Waals surface area contributed by atoms with Crippen LogP contribution in [0.3, 0.4) is 0 Å². The van der Waals surface area contributed by atoms with E-state index in [1.807, 2.05) is 13.8 Å². The molecule has 0 aliphatic heterocycles. The molecule has 2 N–H and O–H groups in total. The van der Waals surface area contributed by atoms with Crippen LogP contribution in [-0.4, -0.2) is 15.8 Å². The Balaban J connectivity index is 3.34. The highest BCUT2D eigenvalue weighted by atomic mass is 16.3. The highest BCUT2D eigenvalue weighted by Gasteiger charge is 2.26. The van der Waals surface area contributed by atoms with E-state index in [9.17, 15) is 10.2 Å². The Morgan fingerprint density at radius 3 is 1.48 bits per heavy atom. The molecule has 0 amide bonds. The Morgan fingerprint density at radius 2 is 1.19 bits per heavy atom. The molecule has 0 unspecified atom stereocenters. The summed E-state index contributed by atoms with van der Waals surface area (Å²) in [6.07, 6.45) is 1.53. The van der Waals surface area contributed by atoms with E-state index in [1.54, 1.807) is 0 Å². The molecule has 1 rings (SSSR count). The van der Waals surface area contributed by atoms with Crippen molar-refractivity contribution < 1.29 is 10.2 Å². The van der Waals surface area contributed by atoms with E-state index in [0.717, 1.165) is 17.5 Å². The van der Waals surface area contributed by atoms with Crippen molar-refractivity contribution in [2.75, 3.05) is 0 Å². The van der Waals surface area contributed by atoms with Gasteiger partial charge in [0.25, 0.3) is 0 Å². The number of aryl methyl sites for hydroxylation is 1. The van der Waals surface area contributed by atoms with Gasteiger partial charge in [0.1, 0.15) is 5.75 Å². The quantitative estimate of drug-likeness (QED) is 0.848. The number of phenolic OH excluding ortho intramolecular Hbond substituents is 1. The van der Waals surface area contributed by atoms with Gasteiger partial charge in [0, 0.05) is 0 Å². The van der Waals surface area contributed by atoms with Gasteiger partial charge in [0.05, 0.1) is 5.60 Å². The predicted octanol–water partition coefficient (Wildman–Crippen LogP) is 4.69. The van der Waals surface area contributed by atoms with Crippen LogP contribution >= 0.6 is 0 Å². The smallest absolute Gasteiger partial charge is 0.123 e. The van der Waals surface area contributed by atoms with Gasteiger partial charge in [0.15, 0.2) is 0 Å². The molecule has 0 aliphatic carbocycles. The molecule has 1 aromatic carbocycles. The third-order valence-electron chi connectivity index (χ3n) is 3.81. The van der Waals surface area contributed by atoms with Crippen LogP contribution < -0.4 is 0 Å². The summed E-state index contributed by atoms with van der Waals surface area (Å²) in [6, 6.07) is 4.19. The molecule has 0 atom stereocenters. The lowest BCUT2D eigenvalue weighted by atomic mass is 9.78. The molecule has 0 saturated heterocycles. The van der Waals surface area contributed by atoms with Gasteiger partial charge >= 0.3 is 0 Å². The Morgan fingerprint density at radius 1 is 0.810 bits per heavy atom. The first-order valence-corrected chi connectivity index (χ1v) is 7.81. The van der Waals surface area contributed by atoms with Gasteiger partial charge in [-0.25, -0.2) is 0 Å². The summed E-state index contributed by atoms with van der Waals surface area (Å²) in [4.78, 5) is 0. The van der Waals surface area contributed by atoms with Crippen molar-refractivity contribution in [3.63, 3.8) is 0 Å². The Labute approximate surface area is 130 Å². The number of rotatable bonds is 3. The molecule has 0 heterocycles. The standard InChI is InChI=1S/C19H32O2/c1-17(2,3)14-11-13(9-10-19(7,8)21)12-15(16(14)20)18(4,5)6/h11-12,20-21H,9-10H2,1-8H3. The van der Waals surface area contributed by atoms with Crippen LogP contribution in [0.1, 0.15) is 78.5 Å². The van der Waals surface area contributed by atoms with Crippen molar-refractivity contribution in [3.8, 4) is 5.75 Å². The van der Waals surface area contributed by atoms with Crippen LogP contribution in [0.15, 0.2) is 12.1 Å². The molecule has 0 aliphatic rings. The molecule has 2 heteroatoms. The number of phenols is 1. The summed E-state index contributed by atoms with van der Waals surface area (Å²) in [5.41, 5.74) is 2.29. The number of aliphatic hydroxyl groups is 1. The number of benzene rings is 1. The van der Waals surface area contributed by atoms with Crippen LogP contribution in [0.4, 0.5) is 0 Å². The second-order valence-electron chi connectivity index (χ2n) is 8.85. The van der Waals surface area contributed by atoms with E-state index in [1.165, 1.54) is 5.56 Å². The summed E-state index contributed by atoms with van der Waals surface area (Å²) < 4.78 is 0. The van der Waals surface area contributed by atoms with Gasteiger partial charge in [0.2, 0.25) is 0 Å². The van der Waals surface area contributed by atoms with Crippen LogP contribution in [0, 0.1) is 0 Å². The molecule has 0 spiro atoms. The molecule has 0 saturated carbocycles. The van der Waals surface area contributed by atoms with Gasteiger partial charge in [-0.05, 0) is 54.2 Å². The van der Waals surface area contributed by atoms with Crippen molar-refractivity contribution in [3.05, 3.63) is 28.8 Å². The highest BCUT2D eigenvalue weighted by molar-refractivity contribution is 5.49. The molecular formula is C19H32O2. The van der Waals surface area contributed by atoms with E-state index in [0.29, 0.717) is 12.2 Å². The summed E-state index contributed by atoms with van der Waals surface area (Å²) in [5.74, 6) is 0.419. The van der Waals surface area contributed by atoms with Gasteiger partial charge in [-0.1, -0.05) is 53.7 Å². The van der Waals surface area contributed by atoms with Crippen LogP contribution in [0.2, 0.25) is 0 Å². The minimum absolute atomic E-state index is 0.102. The molecule has 1 aromatic rings. The highest BCUT2D eigenvalue weighted by Crippen LogP contribution is 2.40. The molecule has 21 heavy (non-hydrogen) atoms. The monoisotopic (exact) mass is 292 g/mol. The molecule has 0 aromatic heterocycles. The zero-order valence-corrected chi connectivity index (χ0v) is 15.0. The molecule has 120 valence electrons. The number of hydrogen-bond acceptors (Lipinski definition) is 2. The first-order chi connectivity index (χ1) is 9.22. The van der Waals surface area contributed by atoms with Gasteiger partial charge in [-0.3, -0.25) is 0 Å². The summed E-state index contributed by atoms with van der Waals surface area (Å²) in [5, 5.41) is 20.6. The first-order valence-electron chi connectivity index (χ1n) is 7.81. The second kappa shape index (κ2) is 5.64. The van der Waals surface area contributed by atoms with E-state index in [4.69, 9.17) is 0 Å². The lowest BCUT2D eigenvalue weighted by Crippen LogP contribution is -2.21. The first kappa shape index (κ1) is 18.0. The fourth-order valence-corrected chi connectivity index (χ4v) is 2.43. The zero-order valence-electron chi connectivity index (χ0n) is 15.0. The third-order valence-corrected chi connectivity index (χ3v) is 3.81. The number of hydrogen-bond donors (Lipinski definition) is 2. The van der Waals surface area contributed by atoms with Crippen LogP contribution in [-0.2, 0) is 17.3 Å². The maximum absolute atomic E-state index is 10.7. The lowest BCUT2D eigenvalue weighted by Gasteiger charge is -2.28. The maximum Gasteiger partial charge on any atom is 0.123 e. The minimum atomic E-state index is -0.665. The minimum Gasteiger partial charge on any atom is -0.507 e. The largest absolute Gasteiger partial charge is 0.507 e. The normalized spacial score (nSPS) is 13.6. The zero-order chi connectivity index (χ0) is 16.6. The average molecular weight is 292 g/mol. The summed E-state index contributed by atoms with van der Waals surface area (Å²) in [6.45, 7) is 16.4. The van der Waals surface area contributed by atoms with E-state index in [-0.39, 0.29) is 10.8 Å². The maximum atomic E-state index is 10.7. The summed E-state index contributed by atoms with van der Waals surface area (Å²) >= 11 is 0. The van der Waals surface area contributed by atoms with E-state index in [2.05, 4.69) is 53.7 Å². The molecule has 2 nitrogen and oxygen atoms in total. The van der Waals surface area contributed by atoms with Gasteiger partial charge in [-0.2, -0.15) is 0 Å². The van der Waals surface area contributed by atoms with Gasteiger partial charge in [-0.15, -0.1) is 0 Å². The molecule has 0 radical (unpaired) electrons. The molecular weight excluding hydrogens is 260 g/mol. The van der Waals surface area contributed by atoms with Crippen LogP contribution in [0.5, 0.6) is 5.75 Å². The molecule has 0 bridgehead atoms. The Hall–Kier alpha value is -1.02. The van der Waals surface area contributed by atoms with Crippen molar-refractivity contribution >= 4 is 0 Å². The van der Waals surface area contributed by atoms with E-state index < -0.39 is 5.60 Å². The van der Waals surface area contributed by atoms with E-state index >= 15 is 0 Å².